The molecule has 0 aliphatic carbocycles. The van der Waals surface area contributed by atoms with E-state index in [2.05, 4.69) is 10.2 Å². The first-order valence-corrected chi connectivity index (χ1v) is 11.8. The van der Waals surface area contributed by atoms with E-state index >= 15 is 0 Å². The second-order valence-electron chi connectivity index (χ2n) is 8.80. The van der Waals surface area contributed by atoms with E-state index in [0.29, 0.717) is 44.0 Å². The van der Waals surface area contributed by atoms with Gasteiger partial charge in [0.05, 0.1) is 6.54 Å². The maximum Gasteiger partial charge on any atom is 0.254 e. The van der Waals surface area contributed by atoms with E-state index < -0.39 is 5.82 Å². The minimum absolute atomic E-state index is 0.0256. The smallest absolute Gasteiger partial charge is 0.254 e. The van der Waals surface area contributed by atoms with Gasteiger partial charge in [0, 0.05) is 55.6 Å². The molecule has 1 fully saturated rings. The number of piperazine rings is 1. The summed E-state index contributed by atoms with van der Waals surface area (Å²) in [6.45, 7) is 8.65. The number of hydrogen-bond donors (Lipinski definition) is 1. The Morgan fingerprint density at radius 2 is 1.71 bits per heavy atom. The summed E-state index contributed by atoms with van der Waals surface area (Å²) in [7, 11) is 0. The molecule has 0 saturated carbocycles. The number of amides is 3. The van der Waals surface area contributed by atoms with Crippen LogP contribution in [0.3, 0.4) is 0 Å². The van der Waals surface area contributed by atoms with E-state index in [1.807, 2.05) is 45.0 Å². The molecule has 2 aromatic carbocycles. The van der Waals surface area contributed by atoms with Crippen molar-refractivity contribution >= 4 is 29.1 Å². The molecule has 0 radical (unpaired) electrons. The van der Waals surface area contributed by atoms with Crippen LogP contribution in [0, 0.1) is 11.7 Å². The van der Waals surface area contributed by atoms with Gasteiger partial charge in [0.15, 0.2) is 0 Å². The SMILES string of the molecule is CCCN(CC(=O)Nc1ccc(N2CCN(C(=O)c3cccc(F)c3)CC2)cc1)C(=O)C(C)C. The van der Waals surface area contributed by atoms with E-state index in [1.165, 1.54) is 12.1 Å². The highest BCUT2D eigenvalue weighted by molar-refractivity contribution is 5.95. The van der Waals surface area contributed by atoms with Gasteiger partial charge in [-0.1, -0.05) is 26.8 Å². The van der Waals surface area contributed by atoms with Gasteiger partial charge in [0.25, 0.3) is 5.91 Å². The van der Waals surface area contributed by atoms with Crippen LogP contribution >= 0.6 is 0 Å². The van der Waals surface area contributed by atoms with Gasteiger partial charge in [-0.05, 0) is 48.9 Å². The molecule has 8 heteroatoms. The molecule has 182 valence electrons. The molecule has 0 spiro atoms. The number of nitrogens with zero attached hydrogens (tertiary/aromatic N) is 3. The lowest BCUT2D eigenvalue weighted by molar-refractivity contribution is -0.137. The van der Waals surface area contributed by atoms with Crippen LogP contribution in [-0.4, -0.2) is 66.8 Å². The lowest BCUT2D eigenvalue weighted by atomic mass is 10.1. The fraction of sp³-hybridized carbons (Fsp3) is 0.423. The van der Waals surface area contributed by atoms with Crippen LogP contribution in [0.2, 0.25) is 0 Å². The van der Waals surface area contributed by atoms with Crippen LogP contribution in [0.15, 0.2) is 48.5 Å². The minimum Gasteiger partial charge on any atom is -0.368 e. The maximum atomic E-state index is 13.4. The maximum absolute atomic E-state index is 13.4. The molecule has 1 heterocycles. The fourth-order valence-corrected chi connectivity index (χ4v) is 4.00. The first-order valence-electron chi connectivity index (χ1n) is 11.8. The third-order valence-corrected chi connectivity index (χ3v) is 5.79. The summed E-state index contributed by atoms with van der Waals surface area (Å²) in [4.78, 5) is 42.9. The molecular weight excluding hydrogens is 435 g/mol. The zero-order valence-corrected chi connectivity index (χ0v) is 20.1. The first kappa shape index (κ1) is 25.2. The van der Waals surface area contributed by atoms with Crippen molar-refractivity contribution in [3.05, 3.63) is 59.9 Å². The fourth-order valence-electron chi connectivity index (χ4n) is 4.00. The zero-order chi connectivity index (χ0) is 24.7. The number of rotatable bonds is 8. The summed E-state index contributed by atoms with van der Waals surface area (Å²) in [5, 5.41) is 2.86. The predicted octanol–water partition coefficient (Wildman–Crippen LogP) is 3.62. The molecule has 0 unspecified atom stereocenters. The van der Waals surface area contributed by atoms with Crippen molar-refractivity contribution in [2.45, 2.75) is 27.2 Å². The number of carbonyl (C=O) groups excluding carboxylic acids is 3. The van der Waals surface area contributed by atoms with Crippen LogP contribution < -0.4 is 10.2 Å². The number of benzene rings is 2. The van der Waals surface area contributed by atoms with E-state index in [1.54, 1.807) is 21.9 Å². The van der Waals surface area contributed by atoms with E-state index in [-0.39, 0.29) is 30.2 Å². The Hall–Kier alpha value is -3.42. The standard InChI is InChI=1S/C26H33FN4O3/c1-4-12-31(25(33)19(2)3)18-24(32)28-22-8-10-23(11-9-22)29-13-15-30(16-14-29)26(34)20-6-5-7-21(27)17-20/h5-11,17,19H,4,12-16,18H2,1-3H3,(H,28,32). The molecule has 0 bridgehead atoms. The van der Waals surface area contributed by atoms with Crippen LogP contribution in [0.4, 0.5) is 15.8 Å². The minimum atomic E-state index is -0.416. The van der Waals surface area contributed by atoms with Crippen molar-refractivity contribution in [1.82, 2.24) is 9.80 Å². The third kappa shape index (κ3) is 6.56. The zero-order valence-electron chi connectivity index (χ0n) is 20.1. The largest absolute Gasteiger partial charge is 0.368 e. The molecular formula is C26H33FN4O3. The van der Waals surface area contributed by atoms with Crippen molar-refractivity contribution in [3.8, 4) is 0 Å². The van der Waals surface area contributed by atoms with Crippen LogP contribution in [0.25, 0.3) is 0 Å². The van der Waals surface area contributed by atoms with Gasteiger partial charge in [-0.3, -0.25) is 14.4 Å². The molecule has 7 nitrogen and oxygen atoms in total. The molecule has 3 amide bonds. The molecule has 34 heavy (non-hydrogen) atoms. The Labute approximate surface area is 200 Å². The molecule has 0 atom stereocenters. The Balaban J connectivity index is 1.52. The highest BCUT2D eigenvalue weighted by atomic mass is 19.1. The number of anilines is 2. The van der Waals surface area contributed by atoms with E-state index in [0.717, 1.165) is 12.1 Å². The molecule has 1 aliphatic rings. The van der Waals surface area contributed by atoms with Crippen molar-refractivity contribution in [3.63, 3.8) is 0 Å². The Bertz CT molecular complexity index is 1000. The summed E-state index contributed by atoms with van der Waals surface area (Å²) < 4.78 is 13.4. The number of nitrogens with one attached hydrogen (secondary N) is 1. The third-order valence-electron chi connectivity index (χ3n) is 5.79. The highest BCUT2D eigenvalue weighted by Gasteiger charge is 2.23. The van der Waals surface area contributed by atoms with Crippen molar-refractivity contribution in [2.24, 2.45) is 5.92 Å². The quantitative estimate of drug-likeness (QED) is 0.642. The molecule has 3 rings (SSSR count). The average Bonchev–Trinajstić information content (AvgIpc) is 2.83. The summed E-state index contributed by atoms with van der Waals surface area (Å²) in [6, 6.07) is 13.3. The number of hydrogen-bond acceptors (Lipinski definition) is 4. The molecule has 0 aromatic heterocycles. The lowest BCUT2D eigenvalue weighted by Gasteiger charge is -2.36. The van der Waals surface area contributed by atoms with Gasteiger partial charge in [-0.15, -0.1) is 0 Å². The second kappa shape index (κ2) is 11.6. The normalized spacial score (nSPS) is 13.7. The average molecular weight is 469 g/mol. The van der Waals surface area contributed by atoms with Crippen LogP contribution in [-0.2, 0) is 9.59 Å². The first-order chi connectivity index (χ1) is 16.3. The molecule has 2 aromatic rings. The predicted molar refractivity (Wildman–Crippen MR) is 131 cm³/mol. The van der Waals surface area contributed by atoms with Gasteiger partial charge in [0.2, 0.25) is 11.8 Å². The molecule has 1 aliphatic heterocycles. The van der Waals surface area contributed by atoms with Gasteiger partial charge in [0.1, 0.15) is 5.82 Å². The van der Waals surface area contributed by atoms with Crippen molar-refractivity contribution in [2.75, 3.05) is 49.5 Å². The highest BCUT2D eigenvalue weighted by Crippen LogP contribution is 2.20. The lowest BCUT2D eigenvalue weighted by Crippen LogP contribution is -2.48. The topological polar surface area (TPSA) is 73.0 Å². The Kier molecular flexibility index (Phi) is 8.62. The summed E-state index contributed by atoms with van der Waals surface area (Å²) >= 11 is 0. The summed E-state index contributed by atoms with van der Waals surface area (Å²) in [6.07, 6.45) is 0.793. The number of carbonyl (C=O) groups is 3. The summed E-state index contributed by atoms with van der Waals surface area (Å²) in [5.41, 5.74) is 2.03. The molecule has 1 saturated heterocycles. The van der Waals surface area contributed by atoms with Gasteiger partial charge >= 0.3 is 0 Å². The van der Waals surface area contributed by atoms with Crippen molar-refractivity contribution < 1.29 is 18.8 Å². The van der Waals surface area contributed by atoms with Crippen molar-refractivity contribution in [1.29, 1.82) is 0 Å². The van der Waals surface area contributed by atoms with Crippen LogP contribution in [0.5, 0.6) is 0 Å². The summed E-state index contributed by atoms with van der Waals surface area (Å²) in [5.74, 6) is -0.975. The van der Waals surface area contributed by atoms with E-state index in [9.17, 15) is 18.8 Å². The Morgan fingerprint density at radius 1 is 1.03 bits per heavy atom. The number of halogens is 1. The Morgan fingerprint density at radius 3 is 2.29 bits per heavy atom. The van der Waals surface area contributed by atoms with Crippen LogP contribution in [0.1, 0.15) is 37.6 Å². The van der Waals surface area contributed by atoms with Gasteiger partial charge < -0.3 is 20.0 Å². The monoisotopic (exact) mass is 468 g/mol. The second-order valence-corrected chi connectivity index (χ2v) is 8.80. The van der Waals surface area contributed by atoms with Gasteiger partial charge in [-0.25, -0.2) is 4.39 Å². The van der Waals surface area contributed by atoms with E-state index in [4.69, 9.17) is 0 Å². The molecule has 1 N–H and O–H groups in total. The van der Waals surface area contributed by atoms with Gasteiger partial charge in [-0.2, -0.15) is 0 Å².